The molecule has 2 aliphatic rings. The zero-order valence-corrected chi connectivity index (χ0v) is 14.4. The van der Waals surface area contributed by atoms with Crippen molar-refractivity contribution in [1.29, 1.82) is 0 Å². The summed E-state index contributed by atoms with van der Waals surface area (Å²) in [6.07, 6.45) is 6.66. The topological polar surface area (TPSA) is 87.6 Å². The SMILES string of the molecule is O=C(Nc1ccc(S(=O)(=O)NC2=NCCCCC2)cc1)C1CCC1. The summed E-state index contributed by atoms with van der Waals surface area (Å²) in [7, 11) is -3.62. The molecule has 130 valence electrons. The molecule has 0 bridgehead atoms. The van der Waals surface area contributed by atoms with Crippen LogP contribution in [0.1, 0.15) is 44.9 Å². The lowest BCUT2D eigenvalue weighted by Gasteiger charge is -2.24. The van der Waals surface area contributed by atoms with E-state index in [0.29, 0.717) is 24.5 Å². The molecule has 0 radical (unpaired) electrons. The van der Waals surface area contributed by atoms with E-state index in [4.69, 9.17) is 0 Å². The van der Waals surface area contributed by atoms with E-state index in [9.17, 15) is 13.2 Å². The molecular formula is C17H23N3O3S. The van der Waals surface area contributed by atoms with E-state index >= 15 is 0 Å². The van der Waals surface area contributed by atoms with Crippen molar-refractivity contribution in [2.45, 2.75) is 49.8 Å². The Balaban J connectivity index is 1.65. The van der Waals surface area contributed by atoms with Gasteiger partial charge in [0.15, 0.2) is 0 Å². The van der Waals surface area contributed by atoms with E-state index in [1.165, 1.54) is 12.1 Å². The van der Waals surface area contributed by atoms with Gasteiger partial charge in [0.25, 0.3) is 10.0 Å². The fourth-order valence-corrected chi connectivity index (χ4v) is 3.89. The Morgan fingerprint density at radius 3 is 2.46 bits per heavy atom. The minimum atomic E-state index is -3.62. The zero-order valence-electron chi connectivity index (χ0n) is 13.6. The van der Waals surface area contributed by atoms with Gasteiger partial charge in [0.1, 0.15) is 5.84 Å². The van der Waals surface area contributed by atoms with Crippen LogP contribution in [0.3, 0.4) is 0 Å². The van der Waals surface area contributed by atoms with Crippen LogP contribution in [0, 0.1) is 5.92 Å². The highest BCUT2D eigenvalue weighted by atomic mass is 32.2. The molecule has 1 amide bonds. The highest BCUT2D eigenvalue weighted by molar-refractivity contribution is 7.90. The number of hydrogen-bond acceptors (Lipinski definition) is 4. The summed E-state index contributed by atoms with van der Waals surface area (Å²) < 4.78 is 27.4. The second kappa shape index (κ2) is 7.34. The molecule has 0 unspecified atom stereocenters. The molecule has 1 aliphatic carbocycles. The van der Waals surface area contributed by atoms with Crippen LogP contribution in [0.5, 0.6) is 0 Å². The molecule has 1 aliphatic heterocycles. The largest absolute Gasteiger partial charge is 0.326 e. The summed E-state index contributed by atoms with van der Waals surface area (Å²) in [5.41, 5.74) is 0.623. The minimum absolute atomic E-state index is 0.0165. The van der Waals surface area contributed by atoms with Crippen LogP contribution in [-0.2, 0) is 14.8 Å². The number of carbonyl (C=O) groups is 1. The molecule has 1 saturated carbocycles. The van der Waals surface area contributed by atoms with Gasteiger partial charge >= 0.3 is 0 Å². The Morgan fingerprint density at radius 1 is 1.04 bits per heavy atom. The summed E-state index contributed by atoms with van der Waals surface area (Å²) >= 11 is 0. The van der Waals surface area contributed by atoms with E-state index in [-0.39, 0.29) is 16.7 Å². The molecule has 0 saturated heterocycles. The Labute approximate surface area is 142 Å². The lowest BCUT2D eigenvalue weighted by Crippen LogP contribution is -2.30. The van der Waals surface area contributed by atoms with E-state index in [2.05, 4.69) is 15.0 Å². The van der Waals surface area contributed by atoms with Gasteiger partial charge in [0, 0.05) is 24.6 Å². The van der Waals surface area contributed by atoms with E-state index in [1.807, 2.05) is 0 Å². The maximum Gasteiger partial charge on any atom is 0.262 e. The third-order valence-corrected chi connectivity index (χ3v) is 5.93. The van der Waals surface area contributed by atoms with Gasteiger partial charge in [0.05, 0.1) is 4.90 Å². The zero-order chi connectivity index (χ0) is 17.0. The molecule has 6 nitrogen and oxygen atoms in total. The summed E-state index contributed by atoms with van der Waals surface area (Å²) in [6.45, 7) is 0.671. The number of nitrogens with one attached hydrogen (secondary N) is 2. The van der Waals surface area contributed by atoms with Gasteiger partial charge in [-0.05, 0) is 49.9 Å². The van der Waals surface area contributed by atoms with Crippen molar-refractivity contribution in [2.24, 2.45) is 10.9 Å². The molecule has 7 heteroatoms. The number of benzene rings is 1. The minimum Gasteiger partial charge on any atom is -0.326 e. The molecule has 1 aromatic rings. The molecule has 24 heavy (non-hydrogen) atoms. The number of amides is 1. The van der Waals surface area contributed by atoms with Crippen LogP contribution in [-0.4, -0.2) is 26.7 Å². The van der Waals surface area contributed by atoms with Crippen molar-refractivity contribution in [3.05, 3.63) is 24.3 Å². The fraction of sp³-hybridized carbons (Fsp3) is 0.529. The van der Waals surface area contributed by atoms with Crippen LogP contribution in [0.2, 0.25) is 0 Å². The number of amidine groups is 1. The summed E-state index contributed by atoms with van der Waals surface area (Å²) in [5, 5.41) is 2.83. The number of nitrogens with zero attached hydrogens (tertiary/aromatic N) is 1. The molecule has 0 spiro atoms. The number of anilines is 1. The third-order valence-electron chi connectivity index (χ3n) is 4.53. The van der Waals surface area contributed by atoms with Crippen LogP contribution >= 0.6 is 0 Å². The predicted molar refractivity (Wildman–Crippen MR) is 93.5 cm³/mol. The van der Waals surface area contributed by atoms with Gasteiger partial charge in [-0.2, -0.15) is 0 Å². The monoisotopic (exact) mass is 349 g/mol. The maximum absolute atomic E-state index is 12.4. The van der Waals surface area contributed by atoms with Crippen LogP contribution in [0.25, 0.3) is 0 Å². The average molecular weight is 349 g/mol. The first-order chi connectivity index (χ1) is 11.5. The Kier molecular flexibility index (Phi) is 5.18. The van der Waals surface area contributed by atoms with Crippen LogP contribution in [0.4, 0.5) is 5.69 Å². The van der Waals surface area contributed by atoms with Gasteiger partial charge in [-0.3, -0.25) is 14.5 Å². The second-order valence-electron chi connectivity index (χ2n) is 6.39. The summed E-state index contributed by atoms with van der Waals surface area (Å²) in [6, 6.07) is 6.27. The first-order valence-corrected chi connectivity index (χ1v) is 10.00. The van der Waals surface area contributed by atoms with E-state index < -0.39 is 10.0 Å². The first-order valence-electron chi connectivity index (χ1n) is 8.52. The maximum atomic E-state index is 12.4. The fourth-order valence-electron chi connectivity index (χ4n) is 2.80. The van der Waals surface area contributed by atoms with Gasteiger partial charge < -0.3 is 5.32 Å². The van der Waals surface area contributed by atoms with Crippen LogP contribution in [0.15, 0.2) is 34.2 Å². The van der Waals surface area contributed by atoms with Crippen molar-refractivity contribution in [1.82, 2.24) is 4.72 Å². The Hall–Kier alpha value is -1.89. The lowest BCUT2D eigenvalue weighted by molar-refractivity contribution is -0.122. The van der Waals surface area contributed by atoms with Crippen molar-refractivity contribution in [3.63, 3.8) is 0 Å². The number of carbonyl (C=O) groups excluding carboxylic acids is 1. The number of hydrogen-bond donors (Lipinski definition) is 2. The Morgan fingerprint density at radius 2 is 1.79 bits per heavy atom. The highest BCUT2D eigenvalue weighted by Crippen LogP contribution is 2.27. The lowest BCUT2D eigenvalue weighted by atomic mass is 9.85. The standard InChI is InChI=1S/C17H23N3O3S/c21-17(13-5-4-6-13)19-14-8-10-15(11-9-14)24(22,23)20-16-7-2-1-3-12-18-16/h8-11,13H,1-7,12H2,(H,18,20)(H,19,21). The molecule has 2 N–H and O–H groups in total. The molecular weight excluding hydrogens is 326 g/mol. The van der Waals surface area contributed by atoms with Gasteiger partial charge in [-0.1, -0.05) is 12.8 Å². The van der Waals surface area contributed by atoms with Gasteiger partial charge in [0.2, 0.25) is 5.91 Å². The summed E-state index contributed by atoms with van der Waals surface area (Å²) in [4.78, 5) is 16.4. The molecule has 1 heterocycles. The van der Waals surface area contributed by atoms with Gasteiger partial charge in [-0.15, -0.1) is 0 Å². The average Bonchev–Trinajstić information content (AvgIpc) is 2.74. The number of rotatable bonds is 4. The number of sulfonamides is 1. The van der Waals surface area contributed by atoms with Crippen molar-refractivity contribution < 1.29 is 13.2 Å². The summed E-state index contributed by atoms with van der Waals surface area (Å²) in [5.74, 6) is 0.654. The normalized spacial score (nSPS) is 18.9. The van der Waals surface area contributed by atoms with E-state index in [1.54, 1.807) is 12.1 Å². The van der Waals surface area contributed by atoms with E-state index in [0.717, 1.165) is 38.5 Å². The molecule has 1 fully saturated rings. The van der Waals surface area contributed by atoms with Crippen molar-refractivity contribution in [3.8, 4) is 0 Å². The highest BCUT2D eigenvalue weighted by Gasteiger charge is 2.25. The van der Waals surface area contributed by atoms with Crippen molar-refractivity contribution in [2.75, 3.05) is 11.9 Å². The van der Waals surface area contributed by atoms with Crippen molar-refractivity contribution >= 4 is 27.5 Å². The third kappa shape index (κ3) is 4.14. The smallest absolute Gasteiger partial charge is 0.262 e. The second-order valence-corrected chi connectivity index (χ2v) is 8.07. The quantitative estimate of drug-likeness (QED) is 0.876. The molecule has 0 atom stereocenters. The van der Waals surface area contributed by atoms with Crippen LogP contribution < -0.4 is 10.0 Å². The van der Waals surface area contributed by atoms with Gasteiger partial charge in [-0.25, -0.2) is 8.42 Å². The molecule has 0 aromatic heterocycles. The predicted octanol–water partition coefficient (Wildman–Crippen LogP) is 2.68. The molecule has 3 rings (SSSR count). The number of aliphatic imine (C=N–C) groups is 1. The molecule has 1 aromatic carbocycles. The first kappa shape index (κ1) is 17.0. The Bertz CT molecular complexity index is 722.